The Morgan fingerprint density at radius 3 is 2.57 bits per heavy atom. The van der Waals surface area contributed by atoms with Gasteiger partial charge in [-0.25, -0.2) is 9.48 Å². The molecule has 0 aliphatic carbocycles. The SMILES string of the molecule is Cc1ccc(Cn2nc(C)c(C(=O)OCn3nnc4ccccc4c3=O)c2Cl)cc1. The third kappa shape index (κ3) is 3.81. The molecule has 0 radical (unpaired) electrons. The topological polar surface area (TPSA) is 91.9 Å². The summed E-state index contributed by atoms with van der Waals surface area (Å²) < 4.78 is 7.80. The Morgan fingerprint density at radius 2 is 1.80 bits per heavy atom. The van der Waals surface area contributed by atoms with E-state index in [4.69, 9.17) is 16.3 Å². The zero-order valence-corrected chi connectivity index (χ0v) is 17.1. The number of carbonyl (C=O) groups is 1. The average Bonchev–Trinajstić information content (AvgIpc) is 3.02. The molecule has 8 nitrogen and oxygen atoms in total. The predicted molar refractivity (Wildman–Crippen MR) is 111 cm³/mol. The second-order valence-electron chi connectivity index (χ2n) is 6.87. The van der Waals surface area contributed by atoms with Crippen molar-refractivity contribution in [3.8, 4) is 0 Å². The molecule has 0 aliphatic rings. The predicted octanol–water partition coefficient (Wildman–Crippen LogP) is 3.12. The molecule has 2 aromatic heterocycles. The fourth-order valence-corrected chi connectivity index (χ4v) is 3.37. The maximum Gasteiger partial charge on any atom is 0.344 e. The molecule has 2 aromatic carbocycles. The summed E-state index contributed by atoms with van der Waals surface area (Å²) in [6.45, 7) is 3.72. The van der Waals surface area contributed by atoms with Crippen LogP contribution in [0.15, 0.2) is 53.3 Å². The van der Waals surface area contributed by atoms with Gasteiger partial charge in [0, 0.05) is 0 Å². The quantitative estimate of drug-likeness (QED) is 0.458. The molecule has 0 atom stereocenters. The van der Waals surface area contributed by atoms with E-state index in [1.807, 2.05) is 31.2 Å². The Kier molecular flexibility index (Phi) is 5.33. The molecule has 0 unspecified atom stereocenters. The highest BCUT2D eigenvalue weighted by Gasteiger charge is 2.22. The fraction of sp³-hybridized carbons (Fsp3) is 0.190. The van der Waals surface area contributed by atoms with E-state index in [-0.39, 0.29) is 17.4 Å². The molecule has 0 saturated carbocycles. The third-order valence-electron chi connectivity index (χ3n) is 4.67. The van der Waals surface area contributed by atoms with Crippen molar-refractivity contribution in [3.63, 3.8) is 0 Å². The Labute approximate surface area is 176 Å². The van der Waals surface area contributed by atoms with Crippen molar-refractivity contribution in [1.29, 1.82) is 0 Å². The van der Waals surface area contributed by atoms with Crippen molar-refractivity contribution in [2.45, 2.75) is 27.1 Å². The van der Waals surface area contributed by atoms with Gasteiger partial charge in [-0.05, 0) is 31.5 Å². The third-order valence-corrected chi connectivity index (χ3v) is 5.05. The van der Waals surface area contributed by atoms with Crippen LogP contribution in [0.2, 0.25) is 5.15 Å². The highest BCUT2D eigenvalue weighted by Crippen LogP contribution is 2.22. The van der Waals surface area contributed by atoms with Crippen molar-refractivity contribution in [3.05, 3.63) is 86.4 Å². The molecule has 152 valence electrons. The zero-order chi connectivity index (χ0) is 21.3. The van der Waals surface area contributed by atoms with E-state index in [9.17, 15) is 9.59 Å². The number of rotatable bonds is 5. The van der Waals surface area contributed by atoms with Gasteiger partial charge in [0.25, 0.3) is 5.56 Å². The summed E-state index contributed by atoms with van der Waals surface area (Å²) in [5, 5.41) is 12.7. The van der Waals surface area contributed by atoms with Crippen molar-refractivity contribution in [2.24, 2.45) is 0 Å². The van der Waals surface area contributed by atoms with E-state index >= 15 is 0 Å². The second-order valence-corrected chi connectivity index (χ2v) is 7.22. The molecular weight excluding hydrogens is 406 g/mol. The van der Waals surface area contributed by atoms with E-state index < -0.39 is 11.5 Å². The summed E-state index contributed by atoms with van der Waals surface area (Å²) >= 11 is 6.40. The van der Waals surface area contributed by atoms with Gasteiger partial charge in [0.05, 0.1) is 17.6 Å². The van der Waals surface area contributed by atoms with Gasteiger partial charge in [-0.1, -0.05) is 58.8 Å². The second kappa shape index (κ2) is 8.08. The van der Waals surface area contributed by atoms with Gasteiger partial charge < -0.3 is 4.74 Å². The van der Waals surface area contributed by atoms with Crippen molar-refractivity contribution in [2.75, 3.05) is 0 Å². The summed E-state index contributed by atoms with van der Waals surface area (Å²) in [6, 6.07) is 14.8. The van der Waals surface area contributed by atoms with E-state index in [0.717, 1.165) is 15.8 Å². The lowest BCUT2D eigenvalue weighted by molar-refractivity contribution is 0.0335. The van der Waals surface area contributed by atoms with Crippen LogP contribution in [0.25, 0.3) is 10.9 Å². The van der Waals surface area contributed by atoms with Crippen LogP contribution in [0.5, 0.6) is 0 Å². The molecule has 2 heterocycles. The fourth-order valence-electron chi connectivity index (χ4n) is 3.06. The minimum absolute atomic E-state index is 0.158. The van der Waals surface area contributed by atoms with Gasteiger partial charge in [0.2, 0.25) is 0 Å². The van der Waals surface area contributed by atoms with Crippen LogP contribution in [0.1, 0.15) is 27.2 Å². The van der Waals surface area contributed by atoms with Gasteiger partial charge in [0.15, 0.2) is 6.73 Å². The zero-order valence-electron chi connectivity index (χ0n) is 16.4. The standard InChI is InChI=1S/C21H18ClN5O3/c1-13-7-9-15(10-8-13)11-26-19(22)18(14(2)24-26)21(29)30-12-27-20(28)16-5-3-4-6-17(16)23-25-27/h3-10H,11-12H2,1-2H3. The number of aromatic nitrogens is 5. The van der Waals surface area contributed by atoms with Crippen LogP contribution in [-0.2, 0) is 18.0 Å². The van der Waals surface area contributed by atoms with Crippen LogP contribution in [0.3, 0.4) is 0 Å². The number of esters is 1. The number of ether oxygens (including phenoxy) is 1. The molecule has 0 saturated heterocycles. The van der Waals surface area contributed by atoms with Gasteiger partial charge in [-0.2, -0.15) is 9.78 Å². The van der Waals surface area contributed by atoms with Gasteiger partial charge in [-0.15, -0.1) is 5.10 Å². The maximum atomic E-state index is 12.6. The molecule has 0 bridgehead atoms. The number of nitrogens with zero attached hydrogens (tertiary/aromatic N) is 5. The van der Waals surface area contributed by atoms with E-state index in [2.05, 4.69) is 15.4 Å². The van der Waals surface area contributed by atoms with Gasteiger partial charge in [-0.3, -0.25) is 4.79 Å². The number of halogens is 1. The highest BCUT2D eigenvalue weighted by molar-refractivity contribution is 6.32. The summed E-state index contributed by atoms with van der Waals surface area (Å²) in [6.07, 6.45) is 0. The summed E-state index contributed by atoms with van der Waals surface area (Å²) in [4.78, 5) is 25.1. The van der Waals surface area contributed by atoms with Crippen molar-refractivity contribution in [1.82, 2.24) is 24.8 Å². The number of hydrogen-bond donors (Lipinski definition) is 0. The number of fused-ring (bicyclic) bond motifs is 1. The number of aryl methyl sites for hydroxylation is 2. The molecule has 9 heteroatoms. The van der Waals surface area contributed by atoms with Gasteiger partial charge in [0.1, 0.15) is 16.2 Å². The molecule has 4 rings (SSSR count). The van der Waals surface area contributed by atoms with Crippen molar-refractivity contribution < 1.29 is 9.53 Å². The summed E-state index contributed by atoms with van der Waals surface area (Å²) in [5.41, 5.74) is 2.83. The Bertz CT molecular complexity index is 1290. The van der Waals surface area contributed by atoms with Gasteiger partial charge >= 0.3 is 5.97 Å². The lowest BCUT2D eigenvalue weighted by Crippen LogP contribution is -2.26. The summed E-state index contributed by atoms with van der Waals surface area (Å²) in [5.74, 6) is -0.686. The monoisotopic (exact) mass is 423 g/mol. The van der Waals surface area contributed by atoms with Crippen LogP contribution < -0.4 is 5.56 Å². The normalized spacial score (nSPS) is 11.0. The summed E-state index contributed by atoms with van der Waals surface area (Å²) in [7, 11) is 0. The van der Waals surface area contributed by atoms with E-state index in [1.165, 1.54) is 0 Å². The Hall–Kier alpha value is -3.52. The molecule has 4 aromatic rings. The van der Waals surface area contributed by atoms with Crippen LogP contribution in [0, 0.1) is 13.8 Å². The first-order valence-electron chi connectivity index (χ1n) is 9.22. The molecular formula is C21H18ClN5O3. The first-order chi connectivity index (χ1) is 14.4. The van der Waals surface area contributed by atoms with Crippen LogP contribution in [0.4, 0.5) is 0 Å². The molecule has 0 spiro atoms. The van der Waals surface area contributed by atoms with Crippen LogP contribution >= 0.6 is 11.6 Å². The molecule has 30 heavy (non-hydrogen) atoms. The smallest absolute Gasteiger partial charge is 0.344 e. The van der Waals surface area contributed by atoms with Crippen molar-refractivity contribution >= 4 is 28.5 Å². The van der Waals surface area contributed by atoms with E-state index in [0.29, 0.717) is 23.1 Å². The average molecular weight is 424 g/mol. The first kappa shape index (κ1) is 19.8. The minimum Gasteiger partial charge on any atom is -0.438 e. The molecule has 0 amide bonds. The minimum atomic E-state index is -0.686. The maximum absolute atomic E-state index is 12.6. The molecule has 0 fully saturated rings. The Balaban J connectivity index is 1.53. The molecule has 0 aliphatic heterocycles. The lowest BCUT2D eigenvalue weighted by atomic mass is 10.1. The molecule has 0 N–H and O–H groups in total. The van der Waals surface area contributed by atoms with Crippen LogP contribution in [-0.4, -0.2) is 30.7 Å². The first-order valence-corrected chi connectivity index (χ1v) is 9.60. The van der Waals surface area contributed by atoms with E-state index in [1.54, 1.807) is 35.9 Å². The highest BCUT2D eigenvalue weighted by atomic mass is 35.5. The number of hydrogen-bond acceptors (Lipinski definition) is 6. The lowest BCUT2D eigenvalue weighted by Gasteiger charge is -2.07. The number of carbonyl (C=O) groups excluding carboxylic acids is 1. The Morgan fingerprint density at radius 1 is 1.07 bits per heavy atom. The largest absolute Gasteiger partial charge is 0.438 e. The number of benzene rings is 2.